The normalized spacial score (nSPS) is 8.87. The van der Waals surface area contributed by atoms with Gasteiger partial charge in [0.2, 0.25) is 0 Å². The highest BCUT2D eigenvalue weighted by Crippen LogP contribution is 2.12. The summed E-state index contributed by atoms with van der Waals surface area (Å²) in [6, 6.07) is 0. The topological polar surface area (TPSA) is 72.8 Å². The first-order chi connectivity index (χ1) is 18.1. The van der Waals surface area contributed by atoms with Gasteiger partial charge in [-0.1, -0.05) is 71.1 Å². The molecular formula is C32H62O5S. The van der Waals surface area contributed by atoms with Crippen LogP contribution in [0, 0.1) is 83.4 Å². The van der Waals surface area contributed by atoms with Gasteiger partial charge in [-0.3, -0.25) is 4.79 Å². The molecule has 0 aromatic carbocycles. The molecule has 0 aromatic heterocycles. The predicted molar refractivity (Wildman–Crippen MR) is 182 cm³/mol. The third-order valence-electron chi connectivity index (χ3n) is 4.75. The van der Waals surface area contributed by atoms with E-state index in [1.165, 1.54) is 51.4 Å². The monoisotopic (exact) mass is 558 g/mol. The van der Waals surface area contributed by atoms with E-state index in [2.05, 4.69) is 83.9 Å². The summed E-state index contributed by atoms with van der Waals surface area (Å²) in [6.07, 6.45) is 17.4. The second-order valence-corrected chi connectivity index (χ2v) is 7.82. The number of aliphatic hydroxyl groups excluding tert-OH is 1. The molecule has 0 heterocycles. The van der Waals surface area contributed by atoms with Crippen LogP contribution in [0.1, 0.15) is 103 Å². The molecule has 0 radical (unpaired) electrons. The minimum absolute atomic E-state index is 0. The number of rotatable bonds is 16. The Labute approximate surface area is 255 Å². The van der Waals surface area contributed by atoms with Gasteiger partial charge in [0.25, 0.3) is 0 Å². The molecule has 0 aliphatic rings. The van der Waals surface area contributed by atoms with Gasteiger partial charge in [-0.05, 0) is 77.5 Å². The molecule has 0 spiro atoms. The zero-order valence-corrected chi connectivity index (χ0v) is 23.1. The minimum atomic E-state index is -0.929. The minimum Gasteiger partial charge on any atom is -0.456 e. The van der Waals surface area contributed by atoms with Crippen LogP contribution in [0.15, 0.2) is 0 Å². The lowest BCUT2D eigenvalue weighted by atomic mass is 10.1. The molecule has 226 valence electrons. The van der Waals surface area contributed by atoms with Crippen molar-refractivity contribution in [2.45, 2.75) is 90.1 Å². The highest BCUT2D eigenvalue weighted by Gasteiger charge is 2.15. The van der Waals surface area contributed by atoms with Crippen LogP contribution in [0.5, 0.6) is 0 Å². The molecule has 0 fully saturated rings. The number of carbonyl (C=O) groups is 2. The summed E-state index contributed by atoms with van der Waals surface area (Å²) >= 11 is 0. The Hall–Kier alpha value is -3.83. The van der Waals surface area contributed by atoms with Crippen molar-refractivity contribution in [3.8, 4) is 83.4 Å². The lowest BCUT2D eigenvalue weighted by Crippen LogP contribution is -2.28. The molecule has 1 atom stereocenters. The van der Waals surface area contributed by atoms with Crippen molar-refractivity contribution in [2.75, 3.05) is 13.2 Å². The second-order valence-electron chi connectivity index (χ2n) is 7.82. The maximum absolute atomic E-state index is 12.0. The number of hydrogen-bond donors (Lipinski definition) is 1. The summed E-state index contributed by atoms with van der Waals surface area (Å²) in [5.41, 5.74) is 0. The highest BCUT2D eigenvalue weighted by atomic mass is 32.1. The van der Waals surface area contributed by atoms with Crippen LogP contribution in [0.3, 0.4) is 0 Å². The van der Waals surface area contributed by atoms with E-state index in [0.29, 0.717) is 0 Å². The van der Waals surface area contributed by atoms with E-state index in [0.717, 1.165) is 19.3 Å². The fourth-order valence-electron chi connectivity index (χ4n) is 2.91. The summed E-state index contributed by atoms with van der Waals surface area (Å²) in [7, 11) is 0. The Bertz CT molecular complexity index is 1150. The molecule has 38 heavy (non-hydrogen) atoms. The lowest BCUT2D eigenvalue weighted by Gasteiger charge is -2.14. The van der Waals surface area contributed by atoms with Crippen molar-refractivity contribution < 1.29 is 42.7 Å². The number of hydrogen-bond acceptors (Lipinski definition) is 5. The van der Waals surface area contributed by atoms with Gasteiger partial charge in [0.15, 0.2) is 6.10 Å². The number of aliphatic hydroxyl groups is 1. The van der Waals surface area contributed by atoms with Crippen LogP contribution in [0.25, 0.3) is 0 Å². The smallest absolute Gasteiger partial charge is 0.385 e. The Morgan fingerprint density at radius 2 is 1.18 bits per heavy atom. The summed E-state index contributed by atoms with van der Waals surface area (Å²) in [5.74, 6) is 29.3. The third-order valence-corrected chi connectivity index (χ3v) is 4.75. The van der Waals surface area contributed by atoms with Crippen molar-refractivity contribution >= 4 is 25.4 Å². The summed E-state index contributed by atoms with van der Waals surface area (Å²) in [5, 5.41) is 9.36. The molecule has 1 N–H and O–H groups in total. The Kier molecular flexibility index (Phi) is 28.1. The first-order valence-electron chi connectivity index (χ1n) is 12.6. The fraction of sp³-hybridized carbons (Fsp3) is 0.500. The average Bonchev–Trinajstić information content (AvgIpc) is 2.90. The van der Waals surface area contributed by atoms with Gasteiger partial charge in [0, 0.05) is 30.9 Å². The fourth-order valence-corrected chi connectivity index (χ4v) is 2.91. The molecule has 0 aliphatic carbocycles. The zero-order chi connectivity index (χ0) is 27.2. The molecule has 6 heteroatoms. The lowest BCUT2D eigenvalue weighted by molar-refractivity contribution is -0.159. The van der Waals surface area contributed by atoms with Gasteiger partial charge in [0.05, 0.1) is 6.61 Å². The van der Waals surface area contributed by atoms with Crippen molar-refractivity contribution in [2.24, 2.45) is 0 Å². The average molecular weight is 559 g/mol. The number of ether oxygens (including phenoxy) is 2. The molecular weight excluding hydrogens is 496 g/mol. The molecule has 0 amide bonds. The van der Waals surface area contributed by atoms with E-state index in [1.807, 2.05) is 0 Å². The predicted octanol–water partition coefficient (Wildman–Crippen LogP) is 7.10. The standard InChI is InChI=1S/C32H34O5.H2S.13H2/c1-3-5-7-9-11-13-15-17-18-20-22-24-26-31(34)36-29-30(28-33)37-32(35)27-25-23-21-19-16-14-12-10-8-6-4-2;;;;;;;;;;;;;;/h1,30,33H,4,6,8,10,12,14,16,19,21,23,25,27-29H2,2H3;1H2;13*1H/t30-;;;;;;;;;;;;;;/m1............../s1. The van der Waals surface area contributed by atoms with Gasteiger partial charge in [-0.25, -0.2) is 4.79 Å². The van der Waals surface area contributed by atoms with Gasteiger partial charge in [-0.2, -0.15) is 13.5 Å². The Balaban J connectivity index is -0.0000000712. The van der Waals surface area contributed by atoms with E-state index in [9.17, 15) is 14.7 Å². The largest absolute Gasteiger partial charge is 0.456 e. The van der Waals surface area contributed by atoms with Gasteiger partial charge in [0.1, 0.15) is 6.61 Å². The van der Waals surface area contributed by atoms with E-state index in [4.69, 9.17) is 15.9 Å². The molecule has 0 saturated heterocycles. The first kappa shape index (κ1) is 36.3. The van der Waals surface area contributed by atoms with Crippen LogP contribution < -0.4 is 0 Å². The SMILES string of the molecule is C#CC#CC#CC#CC#CC#CC#CC(=O)OC[C@@H](CO)OC(=O)CCCCCCCCCCCCC.S.[HH].[HH].[HH].[HH].[HH].[HH].[HH].[HH].[HH].[HH].[HH].[HH].[HH]. The van der Waals surface area contributed by atoms with Gasteiger partial charge < -0.3 is 14.6 Å². The molecule has 0 bridgehead atoms. The quantitative estimate of drug-likeness (QED) is 0.0947. The molecule has 0 rings (SSSR count). The van der Waals surface area contributed by atoms with E-state index >= 15 is 0 Å². The van der Waals surface area contributed by atoms with Crippen LogP contribution in [-0.4, -0.2) is 36.4 Å². The number of unbranched alkanes of at least 4 members (excludes halogenated alkanes) is 10. The van der Waals surface area contributed by atoms with E-state index in [-0.39, 0.29) is 45.1 Å². The molecule has 0 aromatic rings. The van der Waals surface area contributed by atoms with Gasteiger partial charge in [-0.15, -0.1) is 6.42 Å². The van der Waals surface area contributed by atoms with E-state index < -0.39 is 24.6 Å². The van der Waals surface area contributed by atoms with Crippen LogP contribution in [-0.2, 0) is 19.1 Å². The number of carbonyl (C=O) groups excluding carboxylic acids is 2. The number of esters is 2. The van der Waals surface area contributed by atoms with E-state index in [1.54, 1.807) is 0 Å². The number of terminal acetylenes is 1. The summed E-state index contributed by atoms with van der Waals surface area (Å²) in [4.78, 5) is 23.6. The third kappa shape index (κ3) is 26.8. The van der Waals surface area contributed by atoms with Crippen molar-refractivity contribution in [3.63, 3.8) is 0 Å². The maximum Gasteiger partial charge on any atom is 0.385 e. The second kappa shape index (κ2) is 29.4. The van der Waals surface area contributed by atoms with Crippen LogP contribution in [0.2, 0.25) is 0 Å². The molecule has 0 unspecified atom stereocenters. The maximum atomic E-state index is 12.0. The van der Waals surface area contributed by atoms with Gasteiger partial charge >= 0.3 is 11.9 Å². The van der Waals surface area contributed by atoms with Crippen molar-refractivity contribution in [1.82, 2.24) is 0 Å². The van der Waals surface area contributed by atoms with Crippen LogP contribution >= 0.6 is 13.5 Å². The molecule has 0 aliphatic heterocycles. The van der Waals surface area contributed by atoms with Crippen molar-refractivity contribution in [3.05, 3.63) is 0 Å². The van der Waals surface area contributed by atoms with Crippen LogP contribution in [0.4, 0.5) is 0 Å². The molecule has 0 saturated carbocycles. The zero-order valence-electron chi connectivity index (χ0n) is 22.1. The van der Waals surface area contributed by atoms with Crippen molar-refractivity contribution in [1.29, 1.82) is 0 Å². The first-order valence-corrected chi connectivity index (χ1v) is 12.6. The Morgan fingerprint density at radius 3 is 1.66 bits per heavy atom. The Morgan fingerprint density at radius 1 is 0.737 bits per heavy atom. The molecule has 5 nitrogen and oxygen atoms in total. The summed E-state index contributed by atoms with van der Waals surface area (Å²) in [6.45, 7) is 1.48. The highest BCUT2D eigenvalue weighted by molar-refractivity contribution is 7.59. The summed E-state index contributed by atoms with van der Waals surface area (Å²) < 4.78 is 10.1.